The van der Waals surface area contributed by atoms with E-state index in [1.807, 2.05) is 0 Å². The predicted molar refractivity (Wildman–Crippen MR) is 70.2 cm³/mol. The summed E-state index contributed by atoms with van der Waals surface area (Å²) in [4.78, 5) is 37.1. The third kappa shape index (κ3) is 1.63. The van der Waals surface area contributed by atoms with Crippen LogP contribution < -0.4 is 4.90 Å². The number of anilines is 1. The molecule has 1 aromatic rings. The van der Waals surface area contributed by atoms with Gasteiger partial charge in [0.2, 0.25) is 0 Å². The molecule has 2 aliphatic rings. The first-order valence-corrected chi connectivity index (χ1v) is 6.61. The largest absolute Gasteiger partial charge is 0.469 e. The monoisotopic (exact) mass is 323 g/mol. The molecule has 1 aromatic carbocycles. The summed E-state index contributed by atoms with van der Waals surface area (Å²) in [5, 5.41) is 0. The lowest BCUT2D eigenvalue weighted by molar-refractivity contribution is -0.142. The number of benzene rings is 1. The molecule has 0 aromatic heterocycles. The third-order valence-corrected chi connectivity index (χ3v) is 4.02. The van der Waals surface area contributed by atoms with Gasteiger partial charge < -0.3 is 9.64 Å². The lowest BCUT2D eigenvalue weighted by Crippen LogP contribution is -2.36. The maximum Gasteiger partial charge on any atom is 0.313 e. The number of ether oxygens (including phenoxy) is 1. The predicted octanol–water partition coefficient (Wildman–Crippen LogP) is 1.64. The van der Waals surface area contributed by atoms with E-state index in [1.54, 1.807) is 12.1 Å². The Bertz CT molecular complexity index is 625. The fraction of sp³-hybridized carbons (Fsp3) is 0.308. The number of esters is 1. The number of Topliss-reactive ketones (excluding diaryl/α,β-unsaturated/α-hetero) is 1. The number of methoxy groups -OCH3 is 1. The molecule has 0 aliphatic carbocycles. The van der Waals surface area contributed by atoms with Crippen LogP contribution >= 0.6 is 15.9 Å². The first-order chi connectivity index (χ1) is 9.04. The number of nitrogens with zero attached hydrogens (tertiary/aromatic N) is 1. The number of hydrogen-bond donors (Lipinski definition) is 0. The summed E-state index contributed by atoms with van der Waals surface area (Å²) in [5.41, 5.74) is 1.62. The van der Waals surface area contributed by atoms with Crippen molar-refractivity contribution in [1.29, 1.82) is 0 Å². The second kappa shape index (κ2) is 4.16. The van der Waals surface area contributed by atoms with E-state index in [1.165, 1.54) is 12.0 Å². The van der Waals surface area contributed by atoms with Gasteiger partial charge in [0, 0.05) is 11.0 Å². The summed E-state index contributed by atoms with van der Waals surface area (Å²) in [6.45, 7) is 0.367. The van der Waals surface area contributed by atoms with Gasteiger partial charge in [0.05, 0.1) is 24.3 Å². The molecular formula is C13H10BrNO4. The van der Waals surface area contributed by atoms with E-state index >= 15 is 0 Å². The number of carbonyl (C=O) groups is 3. The first-order valence-electron chi connectivity index (χ1n) is 5.82. The zero-order valence-electron chi connectivity index (χ0n) is 10.1. The first kappa shape index (κ1) is 12.3. The molecule has 1 amide bonds. The van der Waals surface area contributed by atoms with Crippen molar-refractivity contribution in [3.05, 3.63) is 27.7 Å². The van der Waals surface area contributed by atoms with Gasteiger partial charge in [-0.25, -0.2) is 0 Å². The third-order valence-electron chi connectivity index (χ3n) is 3.56. The van der Waals surface area contributed by atoms with Crippen LogP contribution in [0.25, 0.3) is 0 Å². The van der Waals surface area contributed by atoms with Crippen LogP contribution in [0.1, 0.15) is 28.3 Å². The van der Waals surface area contributed by atoms with Crippen molar-refractivity contribution >= 4 is 39.3 Å². The van der Waals surface area contributed by atoms with Crippen LogP contribution in [0.3, 0.4) is 0 Å². The Kier molecular flexibility index (Phi) is 2.70. The maximum absolute atomic E-state index is 11.9. The Morgan fingerprint density at radius 1 is 1.42 bits per heavy atom. The van der Waals surface area contributed by atoms with Crippen molar-refractivity contribution in [2.75, 3.05) is 18.6 Å². The summed E-state index contributed by atoms with van der Waals surface area (Å²) in [6.07, 6.45) is 0.467. The molecule has 98 valence electrons. The van der Waals surface area contributed by atoms with Crippen LogP contribution in [-0.2, 0) is 14.3 Å². The van der Waals surface area contributed by atoms with E-state index < -0.39 is 17.6 Å². The van der Waals surface area contributed by atoms with Crippen LogP contribution in [0.5, 0.6) is 0 Å². The van der Waals surface area contributed by atoms with Gasteiger partial charge in [-0.3, -0.25) is 14.4 Å². The molecule has 0 saturated carbocycles. The average molecular weight is 324 g/mol. The van der Waals surface area contributed by atoms with Crippen molar-refractivity contribution < 1.29 is 19.1 Å². The second-order valence-corrected chi connectivity index (χ2v) is 5.46. The molecule has 19 heavy (non-hydrogen) atoms. The molecule has 6 heteroatoms. The Balaban J connectivity index is 2.23. The van der Waals surface area contributed by atoms with Crippen LogP contribution in [0, 0.1) is 0 Å². The topological polar surface area (TPSA) is 63.7 Å². The molecule has 5 nitrogen and oxygen atoms in total. The summed E-state index contributed by atoms with van der Waals surface area (Å²) in [7, 11) is 1.34. The minimum atomic E-state index is -0.516. The van der Waals surface area contributed by atoms with Crippen molar-refractivity contribution in [3.8, 4) is 0 Å². The van der Waals surface area contributed by atoms with E-state index in [0.717, 1.165) is 0 Å². The number of rotatable bonds is 1. The highest BCUT2D eigenvalue weighted by atomic mass is 79.9. The van der Waals surface area contributed by atoms with Gasteiger partial charge in [0.15, 0.2) is 0 Å². The summed E-state index contributed by atoms with van der Waals surface area (Å²) in [6, 6.07) is 3.40. The van der Waals surface area contributed by atoms with E-state index in [9.17, 15) is 14.4 Å². The molecule has 2 aliphatic heterocycles. The van der Waals surface area contributed by atoms with Crippen molar-refractivity contribution in [2.45, 2.75) is 12.3 Å². The number of carbonyl (C=O) groups excluding carboxylic acids is 3. The normalized spacial score (nSPS) is 20.5. The molecule has 0 bridgehead atoms. The Hall–Kier alpha value is -1.69. The zero-order valence-corrected chi connectivity index (χ0v) is 11.7. The smallest absolute Gasteiger partial charge is 0.313 e. The molecule has 3 rings (SSSR count). The molecule has 0 spiro atoms. The molecule has 0 radical (unpaired) electrons. The number of amides is 1. The fourth-order valence-corrected chi connectivity index (χ4v) is 3.19. The van der Waals surface area contributed by atoms with Crippen LogP contribution in [-0.4, -0.2) is 31.3 Å². The summed E-state index contributed by atoms with van der Waals surface area (Å²) >= 11 is 3.31. The highest BCUT2D eigenvalue weighted by molar-refractivity contribution is 9.10. The second-order valence-electron chi connectivity index (χ2n) is 4.54. The van der Waals surface area contributed by atoms with E-state index in [-0.39, 0.29) is 5.97 Å². The minimum Gasteiger partial charge on any atom is -0.469 e. The lowest BCUT2D eigenvalue weighted by Gasteiger charge is -2.29. The highest BCUT2D eigenvalue weighted by Gasteiger charge is 2.43. The van der Waals surface area contributed by atoms with Gasteiger partial charge in [-0.1, -0.05) is 15.9 Å². The van der Waals surface area contributed by atoms with Gasteiger partial charge >= 0.3 is 5.97 Å². The van der Waals surface area contributed by atoms with E-state index in [2.05, 4.69) is 15.9 Å². The average Bonchev–Trinajstić information content (AvgIpc) is 2.64. The SMILES string of the molecule is COC(=O)C1CCN2C(=O)C(=O)c3cc(Br)cc1c32. The van der Waals surface area contributed by atoms with Gasteiger partial charge in [0.1, 0.15) is 0 Å². The van der Waals surface area contributed by atoms with Crippen LogP contribution in [0.2, 0.25) is 0 Å². The lowest BCUT2D eigenvalue weighted by atomic mass is 9.89. The molecule has 0 N–H and O–H groups in total. The molecule has 0 saturated heterocycles. The quantitative estimate of drug-likeness (QED) is 0.582. The van der Waals surface area contributed by atoms with E-state index in [0.29, 0.717) is 34.3 Å². The Morgan fingerprint density at radius 3 is 2.84 bits per heavy atom. The van der Waals surface area contributed by atoms with E-state index in [4.69, 9.17) is 4.74 Å². The number of hydrogen-bond acceptors (Lipinski definition) is 4. The molecule has 1 atom stereocenters. The van der Waals surface area contributed by atoms with Crippen LogP contribution in [0.15, 0.2) is 16.6 Å². The molecular weight excluding hydrogens is 314 g/mol. The van der Waals surface area contributed by atoms with Crippen LogP contribution in [0.4, 0.5) is 5.69 Å². The van der Waals surface area contributed by atoms with Gasteiger partial charge in [0.25, 0.3) is 11.7 Å². The van der Waals surface area contributed by atoms with Crippen molar-refractivity contribution in [2.24, 2.45) is 0 Å². The van der Waals surface area contributed by atoms with Gasteiger partial charge in [-0.15, -0.1) is 0 Å². The standard InChI is InChI=1S/C13H10BrNO4/c1-19-13(18)7-2-3-15-10-8(7)4-6(14)5-9(10)11(16)12(15)17/h4-5,7H,2-3H2,1H3. The highest BCUT2D eigenvalue weighted by Crippen LogP contribution is 2.43. The van der Waals surface area contributed by atoms with Crippen molar-refractivity contribution in [3.63, 3.8) is 0 Å². The summed E-state index contributed by atoms with van der Waals surface area (Å²) < 4.78 is 5.47. The van der Waals surface area contributed by atoms with Gasteiger partial charge in [-0.05, 0) is 24.1 Å². The van der Waals surface area contributed by atoms with Crippen molar-refractivity contribution in [1.82, 2.24) is 0 Å². The van der Waals surface area contributed by atoms with Gasteiger partial charge in [-0.2, -0.15) is 0 Å². The number of ketones is 1. The minimum absolute atomic E-state index is 0.341. The fourth-order valence-electron chi connectivity index (χ4n) is 2.71. The zero-order chi connectivity index (χ0) is 13.7. The molecule has 1 unspecified atom stereocenters. The number of halogens is 1. The summed E-state index contributed by atoms with van der Waals surface area (Å²) in [5.74, 6) is -1.79. The Morgan fingerprint density at radius 2 is 2.16 bits per heavy atom. The maximum atomic E-state index is 11.9. The molecule has 2 heterocycles. The molecule has 0 fully saturated rings. The Labute approximate surface area is 117 Å².